The van der Waals surface area contributed by atoms with Gasteiger partial charge in [0.05, 0.1) is 5.69 Å². The van der Waals surface area contributed by atoms with Crippen molar-refractivity contribution < 1.29 is 0 Å². The third kappa shape index (κ3) is 3.90. The van der Waals surface area contributed by atoms with Crippen LogP contribution in [0.2, 0.25) is 0 Å². The lowest BCUT2D eigenvalue weighted by atomic mass is 10.1. The first-order valence-corrected chi connectivity index (χ1v) is 5.89. The van der Waals surface area contributed by atoms with Crippen molar-refractivity contribution in [3.63, 3.8) is 0 Å². The summed E-state index contributed by atoms with van der Waals surface area (Å²) in [6.45, 7) is 4.34. The van der Waals surface area contributed by atoms with Crippen molar-refractivity contribution in [2.24, 2.45) is 0 Å². The fourth-order valence-electron chi connectivity index (χ4n) is 1.65. The highest BCUT2D eigenvalue weighted by Crippen LogP contribution is 2.14. The Morgan fingerprint density at radius 1 is 1.50 bits per heavy atom. The average Bonchev–Trinajstić information content (AvgIpc) is 2.30. The van der Waals surface area contributed by atoms with Crippen LogP contribution in [-0.4, -0.2) is 11.0 Å². The number of rotatable bonds is 6. The van der Waals surface area contributed by atoms with Crippen molar-refractivity contribution >= 4 is 5.69 Å². The molecule has 0 radical (unpaired) electrons. The third-order valence-corrected chi connectivity index (χ3v) is 2.56. The van der Waals surface area contributed by atoms with E-state index in [4.69, 9.17) is 5.26 Å². The first-order chi connectivity index (χ1) is 7.77. The van der Waals surface area contributed by atoms with Gasteiger partial charge in [-0.3, -0.25) is 0 Å². The minimum Gasteiger partial charge on any atom is -0.380 e. The van der Waals surface area contributed by atoms with Gasteiger partial charge in [-0.25, -0.2) is 4.98 Å². The Bertz CT molecular complexity index is 354. The molecule has 0 aliphatic heterocycles. The number of unbranched alkanes of at least 4 members (excludes halogenated alkanes) is 2. The van der Waals surface area contributed by atoms with E-state index in [1.165, 1.54) is 19.3 Å². The highest BCUT2D eigenvalue weighted by molar-refractivity contribution is 5.53. The summed E-state index contributed by atoms with van der Waals surface area (Å²) in [6, 6.07) is 6.24. The van der Waals surface area contributed by atoms with E-state index >= 15 is 0 Å². The molecular formula is C13H19N3. The van der Waals surface area contributed by atoms with Crippen molar-refractivity contribution in [2.75, 3.05) is 5.32 Å². The summed E-state index contributed by atoms with van der Waals surface area (Å²) in [7, 11) is 0. The SMILES string of the molecule is CCCCCC(C)Nc1cccnc1C#N. The second-order valence-electron chi connectivity index (χ2n) is 4.05. The summed E-state index contributed by atoms with van der Waals surface area (Å²) >= 11 is 0. The number of hydrogen-bond donors (Lipinski definition) is 1. The van der Waals surface area contributed by atoms with Gasteiger partial charge in [0.25, 0.3) is 0 Å². The van der Waals surface area contributed by atoms with E-state index in [0.717, 1.165) is 12.1 Å². The molecule has 0 fully saturated rings. The summed E-state index contributed by atoms with van der Waals surface area (Å²) in [5.74, 6) is 0. The second kappa shape index (κ2) is 6.84. The van der Waals surface area contributed by atoms with Gasteiger partial charge in [0.15, 0.2) is 5.69 Å². The van der Waals surface area contributed by atoms with Crippen molar-refractivity contribution in [3.8, 4) is 6.07 Å². The summed E-state index contributed by atoms with van der Waals surface area (Å²) in [5.41, 5.74) is 1.32. The molecule has 1 N–H and O–H groups in total. The molecule has 1 unspecified atom stereocenters. The summed E-state index contributed by atoms with van der Waals surface area (Å²) in [4.78, 5) is 4.02. The molecule has 3 nitrogen and oxygen atoms in total. The van der Waals surface area contributed by atoms with E-state index in [2.05, 4.69) is 30.2 Å². The number of pyridine rings is 1. The zero-order valence-electron chi connectivity index (χ0n) is 10.0. The third-order valence-electron chi connectivity index (χ3n) is 2.56. The molecule has 1 aromatic rings. The van der Waals surface area contributed by atoms with Gasteiger partial charge >= 0.3 is 0 Å². The number of nitriles is 1. The number of nitrogens with one attached hydrogen (secondary N) is 1. The fraction of sp³-hybridized carbons (Fsp3) is 0.538. The van der Waals surface area contributed by atoms with Crippen LogP contribution in [-0.2, 0) is 0 Å². The molecule has 1 heterocycles. The second-order valence-corrected chi connectivity index (χ2v) is 4.05. The van der Waals surface area contributed by atoms with Gasteiger partial charge in [-0.05, 0) is 25.5 Å². The predicted molar refractivity (Wildman–Crippen MR) is 66.2 cm³/mol. The van der Waals surface area contributed by atoms with Crippen LogP contribution in [0.15, 0.2) is 18.3 Å². The summed E-state index contributed by atoms with van der Waals surface area (Å²) in [5, 5.41) is 12.2. The lowest BCUT2D eigenvalue weighted by Gasteiger charge is -2.15. The predicted octanol–water partition coefficient (Wildman–Crippen LogP) is 3.33. The number of hydrogen-bond acceptors (Lipinski definition) is 3. The maximum absolute atomic E-state index is 8.89. The van der Waals surface area contributed by atoms with Gasteiger partial charge < -0.3 is 5.32 Å². The number of aromatic nitrogens is 1. The average molecular weight is 217 g/mol. The van der Waals surface area contributed by atoms with Crippen LogP contribution in [0.5, 0.6) is 0 Å². The zero-order valence-corrected chi connectivity index (χ0v) is 10.0. The van der Waals surface area contributed by atoms with Crippen LogP contribution in [0, 0.1) is 11.3 Å². The van der Waals surface area contributed by atoms with Crippen LogP contribution in [0.4, 0.5) is 5.69 Å². The fourth-order valence-corrected chi connectivity index (χ4v) is 1.65. The monoisotopic (exact) mass is 217 g/mol. The van der Waals surface area contributed by atoms with E-state index in [-0.39, 0.29) is 0 Å². The molecular weight excluding hydrogens is 198 g/mol. The van der Waals surface area contributed by atoms with Crippen LogP contribution in [0.25, 0.3) is 0 Å². The number of nitrogens with zero attached hydrogens (tertiary/aromatic N) is 2. The first kappa shape index (κ1) is 12.5. The molecule has 0 bridgehead atoms. The van der Waals surface area contributed by atoms with E-state index in [0.29, 0.717) is 11.7 Å². The summed E-state index contributed by atoms with van der Waals surface area (Å²) < 4.78 is 0. The molecule has 1 atom stereocenters. The molecule has 0 saturated carbocycles. The van der Waals surface area contributed by atoms with Gasteiger partial charge in [-0.2, -0.15) is 5.26 Å². The Labute approximate surface area is 97.5 Å². The quantitative estimate of drug-likeness (QED) is 0.743. The van der Waals surface area contributed by atoms with Crippen molar-refractivity contribution in [1.29, 1.82) is 5.26 Å². The Balaban J connectivity index is 2.49. The van der Waals surface area contributed by atoms with Crippen molar-refractivity contribution in [3.05, 3.63) is 24.0 Å². The van der Waals surface area contributed by atoms with Gasteiger partial charge in [-0.15, -0.1) is 0 Å². The first-order valence-electron chi connectivity index (χ1n) is 5.89. The van der Waals surface area contributed by atoms with E-state index in [1.54, 1.807) is 6.20 Å². The smallest absolute Gasteiger partial charge is 0.163 e. The normalized spacial score (nSPS) is 11.8. The van der Waals surface area contributed by atoms with Gasteiger partial charge in [0.2, 0.25) is 0 Å². The van der Waals surface area contributed by atoms with Crippen molar-refractivity contribution in [2.45, 2.75) is 45.6 Å². The van der Waals surface area contributed by atoms with Gasteiger partial charge in [-0.1, -0.05) is 26.2 Å². The zero-order chi connectivity index (χ0) is 11.8. The lowest BCUT2D eigenvalue weighted by Crippen LogP contribution is -2.16. The molecule has 1 aromatic heterocycles. The molecule has 0 aliphatic carbocycles. The largest absolute Gasteiger partial charge is 0.380 e. The maximum atomic E-state index is 8.89. The van der Waals surface area contributed by atoms with Crippen LogP contribution < -0.4 is 5.32 Å². The minimum atomic E-state index is 0.392. The molecule has 86 valence electrons. The topological polar surface area (TPSA) is 48.7 Å². The Kier molecular flexibility index (Phi) is 5.35. The Morgan fingerprint density at radius 3 is 3.00 bits per heavy atom. The van der Waals surface area contributed by atoms with Gasteiger partial charge in [0, 0.05) is 12.2 Å². The molecule has 0 aliphatic rings. The van der Waals surface area contributed by atoms with Crippen LogP contribution in [0.1, 0.15) is 45.2 Å². The lowest BCUT2D eigenvalue weighted by molar-refractivity contribution is 0.615. The van der Waals surface area contributed by atoms with Gasteiger partial charge in [0.1, 0.15) is 6.07 Å². The number of anilines is 1. The van der Waals surface area contributed by atoms with Crippen LogP contribution >= 0.6 is 0 Å². The van der Waals surface area contributed by atoms with Crippen LogP contribution in [0.3, 0.4) is 0 Å². The Morgan fingerprint density at radius 2 is 2.31 bits per heavy atom. The molecule has 3 heteroatoms. The van der Waals surface area contributed by atoms with Crippen molar-refractivity contribution in [1.82, 2.24) is 4.98 Å². The molecule has 0 amide bonds. The van der Waals surface area contributed by atoms with E-state index in [9.17, 15) is 0 Å². The molecule has 0 aromatic carbocycles. The molecule has 0 spiro atoms. The molecule has 0 saturated heterocycles. The highest BCUT2D eigenvalue weighted by atomic mass is 14.9. The van der Waals surface area contributed by atoms with E-state index in [1.807, 2.05) is 12.1 Å². The molecule has 1 rings (SSSR count). The maximum Gasteiger partial charge on any atom is 0.163 e. The minimum absolute atomic E-state index is 0.392. The molecule has 16 heavy (non-hydrogen) atoms. The Hall–Kier alpha value is -1.56. The van der Waals surface area contributed by atoms with E-state index < -0.39 is 0 Å². The highest BCUT2D eigenvalue weighted by Gasteiger charge is 2.05. The standard InChI is InChI=1S/C13H19N3/c1-3-4-5-7-11(2)16-12-8-6-9-15-13(12)10-14/h6,8-9,11,16H,3-5,7H2,1-2H3. The summed E-state index contributed by atoms with van der Waals surface area (Å²) in [6.07, 6.45) is 6.51.